The van der Waals surface area contributed by atoms with Crippen LogP contribution in [0.5, 0.6) is 0 Å². The molecule has 0 spiro atoms. The maximum atomic E-state index is 12.2. The van der Waals surface area contributed by atoms with Crippen molar-refractivity contribution in [3.63, 3.8) is 0 Å². The van der Waals surface area contributed by atoms with Crippen LogP contribution < -0.4 is 10.6 Å². The molecule has 0 saturated carbocycles. The van der Waals surface area contributed by atoms with Crippen molar-refractivity contribution >= 4 is 22.9 Å². The molecular formula is C16H20N2OS. The van der Waals surface area contributed by atoms with Crippen molar-refractivity contribution in [2.75, 3.05) is 11.9 Å². The molecule has 0 aliphatic carbocycles. The van der Waals surface area contributed by atoms with Gasteiger partial charge in [-0.3, -0.25) is 4.79 Å². The van der Waals surface area contributed by atoms with Crippen molar-refractivity contribution in [3.8, 4) is 0 Å². The molecule has 1 aromatic carbocycles. The van der Waals surface area contributed by atoms with Crippen LogP contribution in [0.1, 0.15) is 34.0 Å². The smallest absolute Gasteiger partial charge is 0.265 e. The van der Waals surface area contributed by atoms with Gasteiger partial charge in [-0.05, 0) is 42.8 Å². The minimum Gasteiger partial charge on any atom is -0.321 e. The van der Waals surface area contributed by atoms with Crippen LogP contribution in [0.2, 0.25) is 0 Å². The van der Waals surface area contributed by atoms with Gasteiger partial charge in [-0.25, -0.2) is 0 Å². The monoisotopic (exact) mass is 288 g/mol. The minimum absolute atomic E-state index is 0.0321. The summed E-state index contributed by atoms with van der Waals surface area (Å²) in [5.74, 6) is -0.0321. The van der Waals surface area contributed by atoms with E-state index in [0.717, 1.165) is 30.1 Å². The van der Waals surface area contributed by atoms with Crippen molar-refractivity contribution in [2.45, 2.75) is 26.8 Å². The highest BCUT2D eigenvalue weighted by Gasteiger charge is 2.09. The summed E-state index contributed by atoms with van der Waals surface area (Å²) in [6, 6.07) is 11.9. The molecule has 4 heteroatoms. The van der Waals surface area contributed by atoms with Gasteiger partial charge in [0.25, 0.3) is 5.91 Å². The first-order valence-electron chi connectivity index (χ1n) is 6.92. The molecule has 0 saturated heterocycles. The maximum absolute atomic E-state index is 12.2. The lowest BCUT2D eigenvalue weighted by atomic mass is 10.2. The van der Waals surface area contributed by atoms with E-state index in [1.165, 1.54) is 10.4 Å². The third kappa shape index (κ3) is 3.92. The van der Waals surface area contributed by atoms with Crippen LogP contribution in [0, 0.1) is 0 Å². The Bertz CT molecular complexity index is 577. The lowest BCUT2D eigenvalue weighted by molar-refractivity contribution is 0.103. The van der Waals surface area contributed by atoms with Crippen molar-refractivity contribution < 1.29 is 4.79 Å². The zero-order valence-electron chi connectivity index (χ0n) is 11.9. The van der Waals surface area contributed by atoms with Crippen LogP contribution in [0.3, 0.4) is 0 Å². The van der Waals surface area contributed by atoms with Gasteiger partial charge in [-0.1, -0.05) is 26.0 Å². The highest BCUT2D eigenvalue weighted by Crippen LogP contribution is 2.19. The van der Waals surface area contributed by atoms with Crippen molar-refractivity contribution in [3.05, 3.63) is 51.7 Å². The van der Waals surface area contributed by atoms with E-state index in [4.69, 9.17) is 0 Å². The number of hydrogen-bond acceptors (Lipinski definition) is 3. The first-order chi connectivity index (χ1) is 9.72. The topological polar surface area (TPSA) is 41.1 Å². The van der Waals surface area contributed by atoms with E-state index in [-0.39, 0.29) is 5.91 Å². The van der Waals surface area contributed by atoms with Crippen molar-refractivity contribution in [1.82, 2.24) is 5.32 Å². The quantitative estimate of drug-likeness (QED) is 0.851. The molecule has 20 heavy (non-hydrogen) atoms. The molecule has 0 radical (unpaired) electrons. The van der Waals surface area contributed by atoms with Crippen molar-refractivity contribution in [1.29, 1.82) is 0 Å². The first kappa shape index (κ1) is 14.8. The molecule has 0 unspecified atom stereocenters. The molecule has 106 valence electrons. The normalized spacial score (nSPS) is 10.5. The number of aryl methyl sites for hydroxylation is 1. The zero-order chi connectivity index (χ0) is 14.4. The lowest BCUT2D eigenvalue weighted by Crippen LogP contribution is -2.13. The highest BCUT2D eigenvalue weighted by atomic mass is 32.1. The molecule has 1 aromatic heterocycles. The molecule has 0 fully saturated rings. The SMILES string of the molecule is CCNCc1cccc(NC(=O)c2ccc(CC)s2)c1. The molecule has 0 aliphatic rings. The fourth-order valence-electron chi connectivity index (χ4n) is 1.91. The van der Waals surface area contributed by atoms with E-state index in [2.05, 4.69) is 30.5 Å². The average Bonchev–Trinajstić information content (AvgIpc) is 2.94. The van der Waals surface area contributed by atoms with Gasteiger partial charge in [0.2, 0.25) is 0 Å². The van der Waals surface area contributed by atoms with Gasteiger partial charge >= 0.3 is 0 Å². The lowest BCUT2D eigenvalue weighted by Gasteiger charge is -2.07. The summed E-state index contributed by atoms with van der Waals surface area (Å²) >= 11 is 1.55. The number of hydrogen-bond donors (Lipinski definition) is 2. The Hall–Kier alpha value is -1.65. The van der Waals surface area contributed by atoms with Gasteiger partial charge < -0.3 is 10.6 Å². The number of rotatable bonds is 6. The zero-order valence-corrected chi connectivity index (χ0v) is 12.7. The number of nitrogens with one attached hydrogen (secondary N) is 2. The van der Waals surface area contributed by atoms with Crippen LogP contribution >= 0.6 is 11.3 Å². The molecule has 0 bridgehead atoms. The molecule has 2 aromatic rings. The summed E-state index contributed by atoms with van der Waals surface area (Å²) in [7, 11) is 0. The summed E-state index contributed by atoms with van der Waals surface area (Å²) in [6.07, 6.45) is 0.968. The predicted octanol–water partition coefficient (Wildman–Crippen LogP) is 3.67. The summed E-state index contributed by atoms with van der Waals surface area (Å²) in [6.45, 7) is 5.93. The van der Waals surface area contributed by atoms with Gasteiger partial charge in [0.15, 0.2) is 0 Å². The summed E-state index contributed by atoms with van der Waals surface area (Å²) in [5, 5.41) is 6.23. The Morgan fingerprint density at radius 1 is 1.20 bits per heavy atom. The fourth-order valence-corrected chi connectivity index (χ4v) is 2.75. The fraction of sp³-hybridized carbons (Fsp3) is 0.312. The number of anilines is 1. The second kappa shape index (κ2) is 7.22. The van der Waals surface area contributed by atoms with Crippen LogP contribution in [0.4, 0.5) is 5.69 Å². The standard InChI is InChI=1S/C16H20N2OS/c1-3-14-8-9-15(20-14)16(19)18-13-7-5-6-12(10-13)11-17-4-2/h5-10,17H,3-4,11H2,1-2H3,(H,18,19). The first-order valence-corrected chi connectivity index (χ1v) is 7.74. The van der Waals surface area contributed by atoms with Gasteiger partial charge in [0.1, 0.15) is 0 Å². The minimum atomic E-state index is -0.0321. The third-order valence-corrected chi connectivity index (χ3v) is 4.23. The van der Waals surface area contributed by atoms with E-state index >= 15 is 0 Å². The highest BCUT2D eigenvalue weighted by molar-refractivity contribution is 7.14. The number of thiophene rings is 1. The second-order valence-electron chi connectivity index (χ2n) is 4.55. The largest absolute Gasteiger partial charge is 0.321 e. The van der Waals surface area contributed by atoms with E-state index < -0.39 is 0 Å². The molecule has 0 atom stereocenters. The average molecular weight is 288 g/mol. The van der Waals surface area contributed by atoms with E-state index in [0.29, 0.717) is 0 Å². The second-order valence-corrected chi connectivity index (χ2v) is 5.72. The van der Waals surface area contributed by atoms with Crippen LogP contribution in [0.25, 0.3) is 0 Å². The van der Waals surface area contributed by atoms with Crippen LogP contribution in [-0.2, 0) is 13.0 Å². The van der Waals surface area contributed by atoms with E-state index in [9.17, 15) is 4.79 Å². The Labute approximate surface area is 124 Å². The van der Waals surface area contributed by atoms with Crippen LogP contribution in [0.15, 0.2) is 36.4 Å². The van der Waals surface area contributed by atoms with E-state index in [1.807, 2.05) is 30.3 Å². The van der Waals surface area contributed by atoms with Crippen molar-refractivity contribution in [2.24, 2.45) is 0 Å². The summed E-state index contributed by atoms with van der Waals surface area (Å²) in [4.78, 5) is 14.1. The molecule has 2 N–H and O–H groups in total. The van der Waals surface area contributed by atoms with Gasteiger partial charge in [0, 0.05) is 17.1 Å². The van der Waals surface area contributed by atoms with Gasteiger partial charge in [-0.15, -0.1) is 11.3 Å². The Balaban J connectivity index is 2.03. The maximum Gasteiger partial charge on any atom is 0.265 e. The molecule has 1 amide bonds. The number of benzene rings is 1. The van der Waals surface area contributed by atoms with Gasteiger partial charge in [-0.2, -0.15) is 0 Å². The Kier molecular flexibility index (Phi) is 5.32. The Morgan fingerprint density at radius 3 is 2.75 bits per heavy atom. The van der Waals surface area contributed by atoms with Gasteiger partial charge in [0.05, 0.1) is 4.88 Å². The Morgan fingerprint density at radius 2 is 2.05 bits per heavy atom. The predicted molar refractivity (Wildman–Crippen MR) is 85.5 cm³/mol. The van der Waals surface area contributed by atoms with E-state index in [1.54, 1.807) is 11.3 Å². The summed E-state index contributed by atoms with van der Waals surface area (Å²) < 4.78 is 0. The summed E-state index contributed by atoms with van der Waals surface area (Å²) in [5.41, 5.74) is 2.02. The molecular weight excluding hydrogens is 268 g/mol. The molecule has 2 rings (SSSR count). The number of carbonyl (C=O) groups is 1. The third-order valence-electron chi connectivity index (χ3n) is 3.00. The number of carbonyl (C=O) groups excluding carboxylic acids is 1. The molecule has 1 heterocycles. The van der Waals surface area contributed by atoms with Crippen LogP contribution in [-0.4, -0.2) is 12.5 Å². The molecule has 3 nitrogen and oxygen atoms in total. The molecule has 0 aliphatic heterocycles. The number of amides is 1.